The van der Waals surface area contributed by atoms with Crippen LogP contribution in [0.15, 0.2) is 182 Å². The van der Waals surface area contributed by atoms with Gasteiger partial charge < -0.3 is 4.90 Å². The van der Waals surface area contributed by atoms with Crippen molar-refractivity contribution >= 4 is 66.3 Å². The summed E-state index contributed by atoms with van der Waals surface area (Å²) in [6, 6.07) is 62.5. The Balaban J connectivity index is 1.23. The van der Waals surface area contributed by atoms with Gasteiger partial charge in [0.05, 0.1) is 22.1 Å². The minimum absolute atomic E-state index is 0.935. The van der Waals surface area contributed by atoms with Gasteiger partial charge in [0.15, 0.2) is 0 Å². The zero-order valence-corrected chi connectivity index (χ0v) is 27.1. The standard InChI is InChI=1S/C46H30N4/c1-3-10-31(11-4-1)33-17-22-36(23-18-33)49(37-24-19-34(20-25-37)32-12-5-2-6-13-32)38-26-28-39-43(30-38)50-42-16-8-7-15-41(42)48-46(50)40-27-21-35-14-9-29-47-45(35)44(39)40/h1-30H. The summed E-state index contributed by atoms with van der Waals surface area (Å²) in [5.74, 6) is 0. The summed E-state index contributed by atoms with van der Waals surface area (Å²) in [6.45, 7) is 0. The van der Waals surface area contributed by atoms with Gasteiger partial charge in [-0.3, -0.25) is 9.38 Å². The maximum absolute atomic E-state index is 5.19. The monoisotopic (exact) mass is 638 g/mol. The first-order valence-electron chi connectivity index (χ1n) is 16.9. The van der Waals surface area contributed by atoms with E-state index in [4.69, 9.17) is 9.97 Å². The molecule has 0 saturated heterocycles. The zero-order chi connectivity index (χ0) is 33.0. The number of para-hydroxylation sites is 2. The molecular weight excluding hydrogens is 609 g/mol. The van der Waals surface area contributed by atoms with Crippen LogP contribution in [0.1, 0.15) is 0 Å². The fourth-order valence-corrected chi connectivity index (χ4v) is 7.42. The molecule has 0 amide bonds. The number of anilines is 3. The second kappa shape index (κ2) is 11.4. The molecule has 0 aliphatic heterocycles. The van der Waals surface area contributed by atoms with E-state index in [9.17, 15) is 0 Å². The Bertz CT molecular complexity index is 2760. The lowest BCUT2D eigenvalue weighted by molar-refractivity contribution is 1.27. The van der Waals surface area contributed by atoms with E-state index in [0.717, 1.165) is 66.3 Å². The first-order valence-corrected chi connectivity index (χ1v) is 16.9. The topological polar surface area (TPSA) is 33.4 Å². The summed E-state index contributed by atoms with van der Waals surface area (Å²) in [7, 11) is 0. The van der Waals surface area contributed by atoms with Crippen molar-refractivity contribution < 1.29 is 0 Å². The van der Waals surface area contributed by atoms with E-state index >= 15 is 0 Å². The van der Waals surface area contributed by atoms with Crippen molar-refractivity contribution in [1.29, 1.82) is 0 Å². The van der Waals surface area contributed by atoms with E-state index in [1.807, 2.05) is 12.3 Å². The highest BCUT2D eigenvalue weighted by atomic mass is 15.1. The van der Waals surface area contributed by atoms with Crippen molar-refractivity contribution in [2.75, 3.05) is 4.90 Å². The second-order valence-electron chi connectivity index (χ2n) is 12.7. The second-order valence-corrected chi connectivity index (χ2v) is 12.7. The normalized spacial score (nSPS) is 11.6. The number of hydrogen-bond donors (Lipinski definition) is 0. The van der Waals surface area contributed by atoms with Crippen LogP contribution in [0, 0.1) is 0 Å². The lowest BCUT2D eigenvalue weighted by Crippen LogP contribution is -2.10. The molecule has 3 aromatic heterocycles. The van der Waals surface area contributed by atoms with Crippen molar-refractivity contribution in [3.05, 3.63) is 182 Å². The molecule has 0 fully saturated rings. The molecule has 0 spiro atoms. The molecule has 3 heterocycles. The van der Waals surface area contributed by atoms with E-state index in [0.29, 0.717) is 0 Å². The van der Waals surface area contributed by atoms with Crippen molar-refractivity contribution in [2.45, 2.75) is 0 Å². The number of nitrogens with zero attached hydrogens (tertiary/aromatic N) is 4. The first-order chi connectivity index (χ1) is 24.8. The van der Waals surface area contributed by atoms with E-state index in [2.05, 4.69) is 179 Å². The third-order valence-electron chi connectivity index (χ3n) is 9.79. The number of benzene rings is 7. The summed E-state index contributed by atoms with van der Waals surface area (Å²) in [5, 5.41) is 4.47. The van der Waals surface area contributed by atoms with Crippen molar-refractivity contribution in [2.24, 2.45) is 0 Å². The van der Waals surface area contributed by atoms with Crippen LogP contribution in [0.3, 0.4) is 0 Å². The van der Waals surface area contributed by atoms with Crippen LogP contribution < -0.4 is 4.90 Å². The molecule has 0 bridgehead atoms. The molecule has 4 heteroatoms. The van der Waals surface area contributed by atoms with Gasteiger partial charge in [0.25, 0.3) is 0 Å². The molecule has 10 rings (SSSR count). The fourth-order valence-electron chi connectivity index (χ4n) is 7.42. The quantitative estimate of drug-likeness (QED) is 0.176. The third kappa shape index (κ3) is 4.54. The van der Waals surface area contributed by atoms with E-state index in [1.165, 1.54) is 22.3 Å². The van der Waals surface area contributed by atoms with Gasteiger partial charge in [-0.1, -0.05) is 115 Å². The minimum atomic E-state index is 0.935. The largest absolute Gasteiger partial charge is 0.310 e. The molecule has 0 radical (unpaired) electrons. The summed E-state index contributed by atoms with van der Waals surface area (Å²) in [6.07, 6.45) is 1.88. The van der Waals surface area contributed by atoms with Crippen LogP contribution in [0.4, 0.5) is 17.1 Å². The van der Waals surface area contributed by atoms with Gasteiger partial charge in [-0.25, -0.2) is 4.98 Å². The Morgan fingerprint density at radius 1 is 0.440 bits per heavy atom. The maximum atomic E-state index is 5.19. The van der Waals surface area contributed by atoms with E-state index in [-0.39, 0.29) is 0 Å². The highest BCUT2D eigenvalue weighted by molar-refractivity contribution is 6.23. The number of imidazole rings is 1. The number of aromatic nitrogens is 3. The Labute approximate surface area is 289 Å². The van der Waals surface area contributed by atoms with Gasteiger partial charge in [-0.05, 0) is 82.9 Å². The predicted molar refractivity (Wildman–Crippen MR) is 209 cm³/mol. The van der Waals surface area contributed by atoms with Gasteiger partial charge >= 0.3 is 0 Å². The molecule has 10 aromatic rings. The van der Waals surface area contributed by atoms with Gasteiger partial charge in [0.1, 0.15) is 5.65 Å². The Kier molecular flexibility index (Phi) is 6.46. The SMILES string of the molecule is c1ccc(-c2ccc(N(c3ccc(-c4ccccc4)cc3)c3ccc4c5c(ccc6cccnc65)c5nc6ccccc6n5c4c3)cc2)cc1. The fraction of sp³-hybridized carbons (Fsp3) is 0. The molecular formula is C46H30N4. The number of hydrogen-bond acceptors (Lipinski definition) is 3. The molecule has 7 aromatic carbocycles. The Morgan fingerprint density at radius 2 is 1.02 bits per heavy atom. The maximum Gasteiger partial charge on any atom is 0.146 e. The van der Waals surface area contributed by atoms with Crippen LogP contribution in [0.25, 0.3) is 71.5 Å². The summed E-state index contributed by atoms with van der Waals surface area (Å²) < 4.78 is 2.32. The third-order valence-corrected chi connectivity index (χ3v) is 9.79. The highest BCUT2D eigenvalue weighted by Crippen LogP contribution is 2.41. The molecule has 0 aliphatic rings. The first kappa shape index (κ1) is 28.3. The lowest BCUT2D eigenvalue weighted by Gasteiger charge is -2.26. The van der Waals surface area contributed by atoms with Crippen molar-refractivity contribution in [3.8, 4) is 22.3 Å². The minimum Gasteiger partial charge on any atom is -0.310 e. The van der Waals surface area contributed by atoms with Crippen LogP contribution in [-0.2, 0) is 0 Å². The zero-order valence-electron chi connectivity index (χ0n) is 27.1. The number of fused-ring (bicyclic) bond motifs is 10. The van der Waals surface area contributed by atoms with Crippen molar-refractivity contribution in [3.63, 3.8) is 0 Å². The smallest absolute Gasteiger partial charge is 0.146 e. The molecule has 234 valence electrons. The summed E-state index contributed by atoms with van der Waals surface area (Å²) in [5.41, 5.74) is 13.0. The molecule has 0 saturated carbocycles. The van der Waals surface area contributed by atoms with Crippen LogP contribution >= 0.6 is 0 Å². The Hall–Kier alpha value is -6.78. The van der Waals surface area contributed by atoms with Gasteiger partial charge in [-0.2, -0.15) is 0 Å². The summed E-state index contributed by atoms with van der Waals surface area (Å²) >= 11 is 0. The van der Waals surface area contributed by atoms with Crippen LogP contribution in [0.2, 0.25) is 0 Å². The van der Waals surface area contributed by atoms with E-state index < -0.39 is 0 Å². The average Bonchev–Trinajstić information content (AvgIpc) is 3.59. The van der Waals surface area contributed by atoms with Crippen molar-refractivity contribution in [1.82, 2.24) is 14.4 Å². The van der Waals surface area contributed by atoms with Crippen LogP contribution in [-0.4, -0.2) is 14.4 Å². The molecule has 0 atom stereocenters. The molecule has 4 nitrogen and oxygen atoms in total. The Morgan fingerprint density at radius 3 is 1.70 bits per heavy atom. The molecule has 0 aliphatic carbocycles. The van der Waals surface area contributed by atoms with Gasteiger partial charge in [-0.15, -0.1) is 0 Å². The predicted octanol–water partition coefficient (Wildman–Crippen LogP) is 12.1. The summed E-state index contributed by atoms with van der Waals surface area (Å²) in [4.78, 5) is 12.4. The molecule has 0 unspecified atom stereocenters. The lowest BCUT2D eigenvalue weighted by atomic mass is 10.0. The van der Waals surface area contributed by atoms with Crippen LogP contribution in [0.5, 0.6) is 0 Å². The number of rotatable bonds is 5. The average molecular weight is 639 g/mol. The molecule has 50 heavy (non-hydrogen) atoms. The van der Waals surface area contributed by atoms with Gasteiger partial charge in [0, 0.05) is 44.8 Å². The van der Waals surface area contributed by atoms with Gasteiger partial charge in [0.2, 0.25) is 0 Å². The number of pyridine rings is 2. The van der Waals surface area contributed by atoms with E-state index in [1.54, 1.807) is 0 Å². The molecule has 0 N–H and O–H groups in total. The highest BCUT2D eigenvalue weighted by Gasteiger charge is 2.19.